The molecule has 0 aliphatic carbocycles. The van der Waals surface area contributed by atoms with Crippen molar-refractivity contribution in [1.29, 1.82) is 0 Å². The van der Waals surface area contributed by atoms with Crippen molar-refractivity contribution in [3.05, 3.63) is 28.2 Å². The second kappa shape index (κ2) is 5.02. The summed E-state index contributed by atoms with van der Waals surface area (Å²) in [7, 11) is 1.51. The van der Waals surface area contributed by atoms with E-state index in [1.54, 1.807) is 6.07 Å². The number of aromatic hydroxyl groups is 1. The van der Waals surface area contributed by atoms with Crippen molar-refractivity contribution in [3.8, 4) is 11.5 Å². The maximum absolute atomic E-state index is 9.64. The Hall–Kier alpha value is -1.00. The summed E-state index contributed by atoms with van der Waals surface area (Å²) in [5.41, 5.74) is 6.20. The number of rotatable bonds is 3. The highest BCUT2D eigenvalue weighted by atomic mass is 79.9. The summed E-state index contributed by atoms with van der Waals surface area (Å²) in [5.74, 6) is 0.549. The first-order valence-corrected chi connectivity index (χ1v) is 4.92. The van der Waals surface area contributed by atoms with E-state index >= 15 is 0 Å². The molecule has 0 heterocycles. The highest BCUT2D eigenvalue weighted by Gasteiger charge is 2.08. The zero-order valence-electron chi connectivity index (χ0n) is 7.83. The molecule has 0 radical (unpaired) electrons. The normalized spacial score (nSPS) is 10.8. The predicted molar refractivity (Wildman–Crippen MR) is 60.4 cm³/mol. The summed E-state index contributed by atoms with van der Waals surface area (Å²) in [4.78, 5) is 0. The topological polar surface area (TPSA) is 55.5 Å². The average molecular weight is 258 g/mol. The standard InChI is InChI=1S/C10H12BrNO2/c1-14-8-5-4-7(3-2-6-12)9(11)10(8)13/h2-5,13H,6,12H2,1H3. The van der Waals surface area contributed by atoms with E-state index < -0.39 is 0 Å². The molecular weight excluding hydrogens is 246 g/mol. The Balaban J connectivity index is 3.10. The van der Waals surface area contributed by atoms with E-state index in [2.05, 4.69) is 15.9 Å². The third-order valence-electron chi connectivity index (χ3n) is 1.76. The minimum atomic E-state index is 0.103. The van der Waals surface area contributed by atoms with E-state index in [1.807, 2.05) is 18.2 Å². The third kappa shape index (κ3) is 2.27. The first kappa shape index (κ1) is 11.1. The quantitative estimate of drug-likeness (QED) is 0.873. The molecule has 76 valence electrons. The minimum absolute atomic E-state index is 0.103. The fourth-order valence-electron chi connectivity index (χ4n) is 1.05. The van der Waals surface area contributed by atoms with E-state index in [1.165, 1.54) is 7.11 Å². The number of phenols is 1. The number of ether oxygens (including phenoxy) is 1. The van der Waals surface area contributed by atoms with Crippen LogP contribution in [0.25, 0.3) is 6.08 Å². The lowest BCUT2D eigenvalue weighted by Gasteiger charge is -2.06. The van der Waals surface area contributed by atoms with Crippen LogP contribution in [0.15, 0.2) is 22.7 Å². The largest absolute Gasteiger partial charge is 0.503 e. The molecule has 0 aliphatic rings. The molecule has 0 amide bonds. The van der Waals surface area contributed by atoms with E-state index in [-0.39, 0.29) is 5.75 Å². The molecule has 0 bridgehead atoms. The van der Waals surface area contributed by atoms with Gasteiger partial charge in [-0.25, -0.2) is 0 Å². The zero-order chi connectivity index (χ0) is 10.6. The molecular formula is C10H12BrNO2. The van der Waals surface area contributed by atoms with Crippen molar-refractivity contribution in [2.75, 3.05) is 13.7 Å². The van der Waals surface area contributed by atoms with Crippen molar-refractivity contribution < 1.29 is 9.84 Å². The van der Waals surface area contributed by atoms with Gasteiger partial charge in [0.05, 0.1) is 11.6 Å². The molecule has 0 unspecified atom stereocenters. The summed E-state index contributed by atoms with van der Waals surface area (Å²) < 4.78 is 5.57. The first-order valence-electron chi connectivity index (χ1n) is 4.12. The number of benzene rings is 1. The molecule has 14 heavy (non-hydrogen) atoms. The van der Waals surface area contributed by atoms with Gasteiger partial charge in [-0.3, -0.25) is 0 Å². The number of hydrogen-bond donors (Lipinski definition) is 2. The molecule has 1 aromatic carbocycles. The van der Waals surface area contributed by atoms with Crippen LogP contribution in [0, 0.1) is 0 Å². The van der Waals surface area contributed by atoms with Crippen molar-refractivity contribution in [3.63, 3.8) is 0 Å². The van der Waals surface area contributed by atoms with Gasteiger partial charge < -0.3 is 15.6 Å². The van der Waals surface area contributed by atoms with Crippen LogP contribution >= 0.6 is 15.9 Å². The lowest BCUT2D eigenvalue weighted by Crippen LogP contribution is -1.92. The van der Waals surface area contributed by atoms with Crippen LogP contribution < -0.4 is 10.5 Å². The molecule has 0 saturated heterocycles. The number of hydrogen-bond acceptors (Lipinski definition) is 3. The van der Waals surface area contributed by atoms with Gasteiger partial charge in [-0.05, 0) is 33.6 Å². The van der Waals surface area contributed by atoms with Crippen LogP contribution in [0.2, 0.25) is 0 Å². The van der Waals surface area contributed by atoms with Crippen molar-refractivity contribution in [2.45, 2.75) is 0 Å². The van der Waals surface area contributed by atoms with Crippen LogP contribution in [-0.4, -0.2) is 18.8 Å². The molecule has 0 fully saturated rings. The Morgan fingerprint density at radius 1 is 1.57 bits per heavy atom. The first-order chi connectivity index (χ1) is 6.70. The SMILES string of the molecule is COc1ccc(C=CCN)c(Br)c1O. The maximum atomic E-state index is 9.64. The molecule has 1 aromatic rings. The van der Waals surface area contributed by atoms with Crippen LogP contribution in [0.5, 0.6) is 11.5 Å². The summed E-state index contributed by atoms with van der Waals surface area (Å²) in [5, 5.41) is 9.64. The molecule has 0 saturated carbocycles. The molecule has 0 aromatic heterocycles. The fraction of sp³-hybridized carbons (Fsp3) is 0.200. The second-order valence-electron chi connectivity index (χ2n) is 2.66. The molecule has 0 aliphatic heterocycles. The summed E-state index contributed by atoms with van der Waals surface area (Å²) >= 11 is 3.28. The molecule has 1 rings (SSSR count). The zero-order valence-corrected chi connectivity index (χ0v) is 9.41. The third-order valence-corrected chi connectivity index (χ3v) is 2.60. The minimum Gasteiger partial charge on any atom is -0.503 e. The van der Waals surface area contributed by atoms with Gasteiger partial charge in [0.25, 0.3) is 0 Å². The van der Waals surface area contributed by atoms with Gasteiger partial charge >= 0.3 is 0 Å². The predicted octanol–water partition coefficient (Wildman–Crippen LogP) is 2.14. The van der Waals surface area contributed by atoms with Gasteiger partial charge in [-0.15, -0.1) is 0 Å². The Morgan fingerprint density at radius 2 is 2.29 bits per heavy atom. The average Bonchev–Trinajstić information content (AvgIpc) is 2.20. The molecule has 3 N–H and O–H groups in total. The Morgan fingerprint density at radius 3 is 2.86 bits per heavy atom. The molecule has 0 spiro atoms. The summed E-state index contributed by atoms with van der Waals surface area (Å²) in [6.45, 7) is 0.471. The van der Waals surface area contributed by atoms with Gasteiger partial charge in [0.2, 0.25) is 0 Å². The van der Waals surface area contributed by atoms with E-state index in [4.69, 9.17) is 10.5 Å². The lowest BCUT2D eigenvalue weighted by atomic mass is 10.2. The number of nitrogens with two attached hydrogens (primary N) is 1. The number of phenolic OH excluding ortho intramolecular Hbond substituents is 1. The molecule has 4 heteroatoms. The maximum Gasteiger partial charge on any atom is 0.172 e. The summed E-state index contributed by atoms with van der Waals surface area (Å²) in [6.07, 6.45) is 3.65. The fourth-order valence-corrected chi connectivity index (χ4v) is 1.51. The van der Waals surface area contributed by atoms with Crippen LogP contribution in [0.4, 0.5) is 0 Å². The van der Waals surface area contributed by atoms with E-state index in [0.717, 1.165) is 5.56 Å². The van der Waals surface area contributed by atoms with Crippen molar-refractivity contribution in [2.24, 2.45) is 5.73 Å². The van der Waals surface area contributed by atoms with Gasteiger partial charge in [0.1, 0.15) is 0 Å². The Labute approximate surface area is 91.3 Å². The van der Waals surface area contributed by atoms with Crippen LogP contribution in [0.1, 0.15) is 5.56 Å². The lowest BCUT2D eigenvalue weighted by molar-refractivity contribution is 0.372. The van der Waals surface area contributed by atoms with E-state index in [9.17, 15) is 5.11 Å². The molecule has 3 nitrogen and oxygen atoms in total. The van der Waals surface area contributed by atoms with Crippen LogP contribution in [-0.2, 0) is 0 Å². The highest BCUT2D eigenvalue weighted by molar-refractivity contribution is 9.10. The second-order valence-corrected chi connectivity index (χ2v) is 3.45. The van der Waals surface area contributed by atoms with Gasteiger partial charge in [-0.1, -0.05) is 12.2 Å². The van der Waals surface area contributed by atoms with E-state index in [0.29, 0.717) is 16.8 Å². The van der Waals surface area contributed by atoms with Gasteiger partial charge in [-0.2, -0.15) is 0 Å². The number of methoxy groups -OCH3 is 1. The van der Waals surface area contributed by atoms with Gasteiger partial charge in [0.15, 0.2) is 11.5 Å². The smallest absolute Gasteiger partial charge is 0.172 e. The highest BCUT2D eigenvalue weighted by Crippen LogP contribution is 2.36. The summed E-state index contributed by atoms with van der Waals surface area (Å²) in [6, 6.07) is 3.55. The Bertz CT molecular complexity index is 350. The van der Waals surface area contributed by atoms with Crippen molar-refractivity contribution >= 4 is 22.0 Å². The van der Waals surface area contributed by atoms with Crippen LogP contribution in [0.3, 0.4) is 0 Å². The Kier molecular flexibility index (Phi) is 3.98. The number of halogens is 1. The van der Waals surface area contributed by atoms with Crippen molar-refractivity contribution in [1.82, 2.24) is 0 Å². The monoisotopic (exact) mass is 257 g/mol. The van der Waals surface area contributed by atoms with Gasteiger partial charge in [0, 0.05) is 6.54 Å². The molecule has 0 atom stereocenters.